The highest BCUT2D eigenvalue weighted by Gasteiger charge is 2.48. The zero-order chi connectivity index (χ0) is 19.0. The van der Waals surface area contributed by atoms with Crippen LogP contribution < -0.4 is 0 Å². The van der Waals surface area contributed by atoms with Crippen molar-refractivity contribution >= 4 is 17.8 Å². The summed E-state index contributed by atoms with van der Waals surface area (Å²) in [5.74, 6) is -0.628. The minimum absolute atomic E-state index is 0.0434. The molecule has 1 saturated carbocycles. The molecule has 3 heterocycles. The van der Waals surface area contributed by atoms with E-state index in [9.17, 15) is 19.7 Å². The van der Waals surface area contributed by atoms with Crippen LogP contribution >= 0.6 is 0 Å². The number of hydrogen-bond donors (Lipinski definition) is 1. The molecule has 146 valence electrons. The maximum atomic E-state index is 12.5. The molecule has 3 fully saturated rings. The number of nitro groups is 1. The molecule has 1 aromatic heterocycles. The van der Waals surface area contributed by atoms with Gasteiger partial charge in [-0.05, 0) is 43.4 Å². The Bertz CT molecular complexity index is 749. The predicted molar refractivity (Wildman–Crippen MR) is 93.2 cm³/mol. The normalized spacial score (nSPS) is 22.9. The van der Waals surface area contributed by atoms with Gasteiger partial charge in [-0.25, -0.2) is 4.79 Å². The fourth-order valence-corrected chi connectivity index (χ4v) is 4.44. The zero-order valence-corrected chi connectivity index (χ0v) is 15.1. The molecule has 2 aliphatic heterocycles. The van der Waals surface area contributed by atoms with Crippen LogP contribution in [0.15, 0.2) is 6.07 Å². The van der Waals surface area contributed by atoms with E-state index in [-0.39, 0.29) is 35.2 Å². The molecule has 0 bridgehead atoms. The summed E-state index contributed by atoms with van der Waals surface area (Å²) in [7, 11) is 0. The Kier molecular flexibility index (Phi) is 4.48. The molecule has 0 radical (unpaired) electrons. The average Bonchev–Trinajstić information content (AvgIpc) is 3.28. The SMILES string of the molecule is O=C(c1cc([N+](=O)[O-])[nH]n1)N1CCC(N2CC3(CCCCC3)OC2=O)CC1. The number of hydrogen-bond acceptors (Lipinski definition) is 6. The highest BCUT2D eigenvalue weighted by atomic mass is 16.6. The van der Waals surface area contributed by atoms with Crippen molar-refractivity contribution in [2.24, 2.45) is 0 Å². The first kappa shape index (κ1) is 17.7. The number of rotatable bonds is 3. The summed E-state index contributed by atoms with van der Waals surface area (Å²) in [6.07, 6.45) is 6.38. The van der Waals surface area contributed by atoms with E-state index in [1.165, 1.54) is 6.42 Å². The molecule has 1 aliphatic carbocycles. The van der Waals surface area contributed by atoms with E-state index in [1.54, 1.807) is 4.90 Å². The number of nitrogens with zero attached hydrogens (tertiary/aromatic N) is 4. The van der Waals surface area contributed by atoms with Crippen LogP contribution in [-0.2, 0) is 4.74 Å². The van der Waals surface area contributed by atoms with Gasteiger partial charge in [-0.1, -0.05) is 11.5 Å². The number of carbonyl (C=O) groups excluding carboxylic acids is 2. The molecule has 27 heavy (non-hydrogen) atoms. The molecule has 1 N–H and O–H groups in total. The van der Waals surface area contributed by atoms with Crippen LogP contribution in [0.4, 0.5) is 10.6 Å². The molecule has 10 nitrogen and oxygen atoms in total. The molecule has 1 spiro atoms. The molecule has 4 rings (SSSR count). The van der Waals surface area contributed by atoms with Crippen LogP contribution in [0.2, 0.25) is 0 Å². The van der Waals surface area contributed by atoms with E-state index < -0.39 is 4.92 Å². The van der Waals surface area contributed by atoms with Gasteiger partial charge < -0.3 is 24.7 Å². The van der Waals surface area contributed by atoms with Crippen molar-refractivity contribution in [2.45, 2.75) is 56.6 Å². The van der Waals surface area contributed by atoms with E-state index in [0.29, 0.717) is 32.5 Å². The fourth-order valence-electron chi connectivity index (χ4n) is 4.44. The highest BCUT2D eigenvalue weighted by molar-refractivity contribution is 5.92. The van der Waals surface area contributed by atoms with E-state index in [1.807, 2.05) is 4.90 Å². The molecular formula is C17H23N5O5. The first-order valence-corrected chi connectivity index (χ1v) is 9.46. The second-order valence-corrected chi connectivity index (χ2v) is 7.66. The number of H-pyrrole nitrogens is 1. The van der Waals surface area contributed by atoms with Gasteiger partial charge in [0.25, 0.3) is 5.91 Å². The smallest absolute Gasteiger partial charge is 0.410 e. The summed E-state index contributed by atoms with van der Waals surface area (Å²) in [5, 5.41) is 16.7. The Balaban J connectivity index is 1.35. The van der Waals surface area contributed by atoms with Crippen LogP contribution in [-0.4, -0.2) is 68.2 Å². The number of nitrogens with one attached hydrogen (secondary N) is 1. The Morgan fingerprint density at radius 1 is 1.30 bits per heavy atom. The van der Waals surface area contributed by atoms with Gasteiger partial charge in [-0.2, -0.15) is 0 Å². The Morgan fingerprint density at radius 2 is 2.00 bits per heavy atom. The molecule has 2 amide bonds. The Hall–Kier alpha value is -2.65. The van der Waals surface area contributed by atoms with E-state index in [0.717, 1.165) is 31.7 Å². The third kappa shape index (κ3) is 3.35. The van der Waals surface area contributed by atoms with Crippen molar-refractivity contribution < 1.29 is 19.2 Å². The van der Waals surface area contributed by atoms with Gasteiger partial charge in [0.2, 0.25) is 0 Å². The summed E-state index contributed by atoms with van der Waals surface area (Å²) in [6.45, 7) is 1.62. The van der Waals surface area contributed by atoms with Gasteiger partial charge in [0.15, 0.2) is 5.69 Å². The highest BCUT2D eigenvalue weighted by Crippen LogP contribution is 2.38. The topological polar surface area (TPSA) is 122 Å². The molecule has 0 unspecified atom stereocenters. The number of carbonyl (C=O) groups is 2. The fraction of sp³-hybridized carbons (Fsp3) is 0.706. The number of ether oxygens (including phenoxy) is 1. The predicted octanol–water partition coefficient (Wildman–Crippen LogP) is 2.08. The third-order valence-corrected chi connectivity index (χ3v) is 5.93. The molecule has 2 saturated heterocycles. The summed E-state index contributed by atoms with van der Waals surface area (Å²) in [6, 6.07) is 1.22. The number of aromatic nitrogens is 2. The minimum Gasteiger partial charge on any atom is -0.441 e. The van der Waals surface area contributed by atoms with Crippen molar-refractivity contribution in [3.8, 4) is 0 Å². The van der Waals surface area contributed by atoms with Crippen LogP contribution in [0.25, 0.3) is 0 Å². The quantitative estimate of drug-likeness (QED) is 0.636. The van der Waals surface area contributed by atoms with Crippen molar-refractivity contribution in [1.82, 2.24) is 20.0 Å². The van der Waals surface area contributed by atoms with Crippen molar-refractivity contribution in [2.75, 3.05) is 19.6 Å². The molecule has 10 heteroatoms. The van der Waals surface area contributed by atoms with Crippen LogP contribution in [0, 0.1) is 10.1 Å². The van der Waals surface area contributed by atoms with Gasteiger partial charge in [0.1, 0.15) is 5.60 Å². The molecule has 0 aromatic carbocycles. The van der Waals surface area contributed by atoms with E-state index in [4.69, 9.17) is 4.74 Å². The van der Waals surface area contributed by atoms with Gasteiger partial charge in [-0.3, -0.25) is 4.79 Å². The largest absolute Gasteiger partial charge is 0.441 e. The summed E-state index contributed by atoms with van der Waals surface area (Å²) < 4.78 is 5.75. The summed E-state index contributed by atoms with van der Waals surface area (Å²) in [4.78, 5) is 38.5. The summed E-state index contributed by atoms with van der Waals surface area (Å²) in [5.41, 5.74) is -0.266. The van der Waals surface area contributed by atoms with Gasteiger partial charge in [0, 0.05) is 19.1 Å². The maximum absolute atomic E-state index is 12.5. The number of aromatic amines is 1. The van der Waals surface area contributed by atoms with Crippen molar-refractivity contribution in [1.29, 1.82) is 0 Å². The van der Waals surface area contributed by atoms with Crippen molar-refractivity contribution in [3.05, 3.63) is 21.9 Å². The standard InChI is InChI=1S/C17H23N5O5/c23-15(13-10-14(19-18-13)22(25)26)20-8-4-12(5-9-20)21-11-17(27-16(21)24)6-2-1-3-7-17/h10,12H,1-9,11H2,(H,18,19). The maximum Gasteiger partial charge on any atom is 0.410 e. The molecular weight excluding hydrogens is 354 g/mol. The molecule has 3 aliphatic rings. The monoisotopic (exact) mass is 377 g/mol. The molecule has 0 atom stereocenters. The van der Waals surface area contributed by atoms with E-state index in [2.05, 4.69) is 10.2 Å². The Labute approximate surface area is 156 Å². The van der Waals surface area contributed by atoms with Crippen LogP contribution in [0.5, 0.6) is 0 Å². The second-order valence-electron chi connectivity index (χ2n) is 7.66. The molecule has 1 aromatic rings. The second kappa shape index (κ2) is 6.82. The van der Waals surface area contributed by atoms with Gasteiger partial charge >= 0.3 is 11.9 Å². The van der Waals surface area contributed by atoms with Crippen LogP contribution in [0.3, 0.4) is 0 Å². The lowest BCUT2D eigenvalue weighted by Gasteiger charge is -2.36. The third-order valence-electron chi connectivity index (χ3n) is 5.93. The summed E-state index contributed by atoms with van der Waals surface area (Å²) >= 11 is 0. The number of piperidine rings is 1. The average molecular weight is 377 g/mol. The lowest BCUT2D eigenvalue weighted by atomic mass is 9.84. The van der Waals surface area contributed by atoms with Crippen molar-refractivity contribution in [3.63, 3.8) is 0 Å². The number of amides is 2. The lowest BCUT2D eigenvalue weighted by Crippen LogP contribution is -2.48. The minimum atomic E-state index is -0.615. The first-order valence-electron chi connectivity index (χ1n) is 9.46. The van der Waals surface area contributed by atoms with Gasteiger partial charge in [-0.15, -0.1) is 5.10 Å². The number of likely N-dealkylation sites (tertiary alicyclic amines) is 1. The lowest BCUT2D eigenvalue weighted by molar-refractivity contribution is -0.389. The van der Waals surface area contributed by atoms with Crippen LogP contribution in [0.1, 0.15) is 55.4 Å². The van der Waals surface area contributed by atoms with Gasteiger partial charge in [0.05, 0.1) is 12.6 Å². The zero-order valence-electron chi connectivity index (χ0n) is 15.1. The first-order chi connectivity index (χ1) is 13.0. The Morgan fingerprint density at radius 3 is 2.63 bits per heavy atom. The van der Waals surface area contributed by atoms with E-state index >= 15 is 0 Å².